The zero-order valence-electron chi connectivity index (χ0n) is 24.5. The number of hydrogen-bond acceptors (Lipinski definition) is 4. The molecule has 2 fully saturated rings. The molecule has 1 aliphatic heterocycles. The van der Waals surface area contributed by atoms with Crippen LogP contribution in [0.1, 0.15) is 75.0 Å². The molecule has 3 atom stereocenters. The summed E-state index contributed by atoms with van der Waals surface area (Å²) in [5.74, 6) is 2.86. The number of phenolic OH excluding ortho intramolecular Hbond substituents is 1. The SMILES string of the molecule is CCCCC1CCCCC1CC(NC)C(=O)N1CCN(C(=Nc2ccc(O)cc2C)c2ccccc2C)CC1. The molecule has 4 rings (SSSR count). The predicted octanol–water partition coefficient (Wildman–Crippen LogP) is 6.21. The third kappa shape index (κ3) is 7.42. The lowest BCUT2D eigenvalue weighted by Gasteiger charge is -2.39. The van der Waals surface area contributed by atoms with E-state index in [2.05, 4.69) is 53.2 Å². The fraction of sp³-hybridized carbons (Fsp3) is 0.576. The van der Waals surface area contributed by atoms with Crippen molar-refractivity contribution in [2.24, 2.45) is 16.8 Å². The average molecular weight is 533 g/mol. The van der Waals surface area contributed by atoms with Crippen LogP contribution in [0.25, 0.3) is 0 Å². The lowest BCUT2D eigenvalue weighted by Crippen LogP contribution is -2.55. The number of benzene rings is 2. The topological polar surface area (TPSA) is 68.2 Å². The first kappa shape index (κ1) is 29.1. The Morgan fingerprint density at radius 2 is 1.69 bits per heavy atom. The number of hydrogen-bond donors (Lipinski definition) is 2. The number of carbonyl (C=O) groups is 1. The van der Waals surface area contributed by atoms with Gasteiger partial charge in [0.15, 0.2) is 0 Å². The van der Waals surface area contributed by atoms with Gasteiger partial charge < -0.3 is 20.2 Å². The number of amidine groups is 1. The van der Waals surface area contributed by atoms with E-state index in [4.69, 9.17) is 4.99 Å². The van der Waals surface area contributed by atoms with Crippen molar-refractivity contribution in [2.45, 2.75) is 78.2 Å². The summed E-state index contributed by atoms with van der Waals surface area (Å²) in [5, 5.41) is 13.3. The standard InChI is InChI=1S/C33H48N4O2/c1-5-6-12-26-13-8-9-14-27(26)23-31(34-4)33(39)37-20-18-36(19-21-37)32(29-15-10-7-11-24(29)2)35-30-17-16-28(38)22-25(30)3/h7,10-11,15-17,22,26-27,31,34,38H,5-6,8-9,12-14,18-21,23H2,1-4H3. The summed E-state index contributed by atoms with van der Waals surface area (Å²) in [4.78, 5) is 23.2. The lowest BCUT2D eigenvalue weighted by molar-refractivity contribution is -0.135. The molecule has 39 heavy (non-hydrogen) atoms. The number of nitrogens with one attached hydrogen (secondary N) is 1. The number of piperazine rings is 1. The maximum absolute atomic E-state index is 13.7. The van der Waals surface area contributed by atoms with Crippen LogP contribution in [0, 0.1) is 25.7 Å². The van der Waals surface area contributed by atoms with E-state index in [9.17, 15) is 9.90 Å². The molecule has 1 heterocycles. The molecule has 0 bridgehead atoms. The second kappa shape index (κ2) is 14.0. The van der Waals surface area contributed by atoms with Crippen LogP contribution in [-0.4, -0.2) is 65.9 Å². The molecule has 2 aromatic rings. The van der Waals surface area contributed by atoms with Gasteiger partial charge in [-0.25, -0.2) is 4.99 Å². The minimum Gasteiger partial charge on any atom is -0.508 e. The van der Waals surface area contributed by atoms with Gasteiger partial charge in [0.1, 0.15) is 11.6 Å². The first-order chi connectivity index (χ1) is 18.9. The van der Waals surface area contributed by atoms with Crippen molar-refractivity contribution in [3.05, 3.63) is 59.2 Å². The van der Waals surface area contributed by atoms with E-state index in [0.717, 1.165) is 48.1 Å². The summed E-state index contributed by atoms with van der Waals surface area (Å²) in [6.07, 6.45) is 10.1. The molecule has 6 nitrogen and oxygen atoms in total. The maximum atomic E-state index is 13.7. The molecule has 1 saturated carbocycles. The van der Waals surface area contributed by atoms with Gasteiger partial charge in [0.2, 0.25) is 5.91 Å². The van der Waals surface area contributed by atoms with Gasteiger partial charge in [-0.05, 0) is 68.5 Å². The lowest BCUT2D eigenvalue weighted by atomic mass is 9.74. The predicted molar refractivity (Wildman–Crippen MR) is 161 cm³/mol. The Bertz CT molecular complexity index is 1120. The number of aliphatic imine (C=N–C) groups is 1. The number of carbonyl (C=O) groups excluding carboxylic acids is 1. The van der Waals surface area contributed by atoms with Gasteiger partial charge in [-0.2, -0.15) is 0 Å². The number of rotatable bonds is 9. The van der Waals surface area contributed by atoms with Crippen molar-refractivity contribution in [1.82, 2.24) is 15.1 Å². The summed E-state index contributed by atoms with van der Waals surface area (Å²) in [5.41, 5.74) is 4.07. The molecule has 0 spiro atoms. The molecule has 1 aliphatic carbocycles. The highest BCUT2D eigenvalue weighted by Gasteiger charge is 2.33. The van der Waals surface area contributed by atoms with Gasteiger partial charge in [-0.3, -0.25) is 4.79 Å². The van der Waals surface area contributed by atoms with Gasteiger partial charge in [0.25, 0.3) is 0 Å². The molecule has 2 aromatic carbocycles. The Labute approximate surface area is 235 Å². The van der Waals surface area contributed by atoms with Crippen LogP contribution in [0.4, 0.5) is 5.69 Å². The number of unbranched alkanes of at least 4 members (excludes halogenated alkanes) is 1. The molecule has 3 unspecified atom stereocenters. The van der Waals surface area contributed by atoms with E-state index in [-0.39, 0.29) is 17.7 Å². The third-order valence-electron chi connectivity index (χ3n) is 8.86. The Balaban J connectivity index is 1.46. The summed E-state index contributed by atoms with van der Waals surface area (Å²) in [6.45, 7) is 9.25. The van der Waals surface area contributed by atoms with Crippen LogP contribution in [-0.2, 0) is 4.79 Å². The van der Waals surface area contributed by atoms with Crippen LogP contribution >= 0.6 is 0 Å². The zero-order valence-corrected chi connectivity index (χ0v) is 24.5. The fourth-order valence-corrected chi connectivity index (χ4v) is 6.45. The second-order valence-corrected chi connectivity index (χ2v) is 11.6. The summed E-state index contributed by atoms with van der Waals surface area (Å²) >= 11 is 0. The number of aryl methyl sites for hydroxylation is 2. The van der Waals surface area contributed by atoms with E-state index in [0.29, 0.717) is 19.0 Å². The van der Waals surface area contributed by atoms with Gasteiger partial charge in [-0.1, -0.05) is 76.1 Å². The molecule has 2 N–H and O–H groups in total. The van der Waals surface area contributed by atoms with Crippen LogP contribution in [0.15, 0.2) is 47.5 Å². The Hall–Kier alpha value is -2.86. The number of likely N-dealkylation sites (N-methyl/N-ethyl adjacent to an activating group) is 1. The fourth-order valence-electron chi connectivity index (χ4n) is 6.45. The molecule has 212 valence electrons. The van der Waals surface area contributed by atoms with E-state index < -0.39 is 0 Å². The van der Waals surface area contributed by atoms with Crippen molar-refractivity contribution in [3.63, 3.8) is 0 Å². The van der Waals surface area contributed by atoms with Crippen LogP contribution in [0.5, 0.6) is 5.75 Å². The summed E-state index contributed by atoms with van der Waals surface area (Å²) in [7, 11) is 1.95. The van der Waals surface area contributed by atoms with Gasteiger partial charge in [-0.15, -0.1) is 0 Å². The molecule has 2 aliphatic rings. The molecular formula is C33H48N4O2. The van der Waals surface area contributed by atoms with Crippen LogP contribution < -0.4 is 5.32 Å². The van der Waals surface area contributed by atoms with Gasteiger partial charge >= 0.3 is 0 Å². The largest absolute Gasteiger partial charge is 0.508 e. The van der Waals surface area contributed by atoms with E-state index in [1.54, 1.807) is 12.1 Å². The number of amides is 1. The van der Waals surface area contributed by atoms with Crippen molar-refractivity contribution < 1.29 is 9.90 Å². The average Bonchev–Trinajstić information content (AvgIpc) is 2.95. The molecule has 1 amide bonds. The molecular weight excluding hydrogens is 484 g/mol. The zero-order chi connectivity index (χ0) is 27.8. The Morgan fingerprint density at radius 3 is 2.36 bits per heavy atom. The monoisotopic (exact) mass is 532 g/mol. The first-order valence-corrected chi connectivity index (χ1v) is 15.1. The van der Waals surface area contributed by atoms with Crippen molar-refractivity contribution in [1.29, 1.82) is 0 Å². The van der Waals surface area contributed by atoms with E-state index in [1.165, 1.54) is 50.5 Å². The second-order valence-electron chi connectivity index (χ2n) is 11.6. The smallest absolute Gasteiger partial charge is 0.239 e. The normalized spacial score (nSPS) is 21.2. The van der Waals surface area contributed by atoms with Gasteiger partial charge in [0, 0.05) is 31.7 Å². The minimum absolute atomic E-state index is 0.104. The molecule has 6 heteroatoms. The molecule has 0 aromatic heterocycles. The van der Waals surface area contributed by atoms with Crippen LogP contribution in [0.2, 0.25) is 0 Å². The quantitative estimate of drug-likeness (QED) is 0.298. The van der Waals surface area contributed by atoms with Crippen LogP contribution in [0.3, 0.4) is 0 Å². The number of nitrogens with zero attached hydrogens (tertiary/aromatic N) is 3. The highest BCUT2D eigenvalue weighted by molar-refractivity contribution is 6.01. The van der Waals surface area contributed by atoms with Crippen molar-refractivity contribution in [2.75, 3.05) is 33.2 Å². The maximum Gasteiger partial charge on any atom is 0.239 e. The number of phenols is 1. The van der Waals surface area contributed by atoms with Crippen molar-refractivity contribution >= 4 is 17.4 Å². The highest BCUT2D eigenvalue weighted by Crippen LogP contribution is 2.36. The Kier molecular flexibility index (Phi) is 10.4. The van der Waals surface area contributed by atoms with Crippen molar-refractivity contribution in [3.8, 4) is 5.75 Å². The third-order valence-corrected chi connectivity index (χ3v) is 8.86. The van der Waals surface area contributed by atoms with E-state index >= 15 is 0 Å². The first-order valence-electron chi connectivity index (χ1n) is 15.1. The van der Waals surface area contributed by atoms with E-state index in [1.807, 2.05) is 20.0 Å². The van der Waals surface area contributed by atoms with Gasteiger partial charge in [0.05, 0.1) is 11.7 Å². The Morgan fingerprint density at radius 1 is 1.00 bits per heavy atom. The minimum atomic E-state index is -0.104. The summed E-state index contributed by atoms with van der Waals surface area (Å²) < 4.78 is 0. The highest BCUT2D eigenvalue weighted by atomic mass is 16.3. The summed E-state index contributed by atoms with van der Waals surface area (Å²) in [6, 6.07) is 13.6. The molecule has 1 saturated heterocycles. The molecule has 0 radical (unpaired) electrons. The number of aromatic hydroxyl groups is 1.